The number of esters is 1. The Bertz CT molecular complexity index is 457. The lowest BCUT2D eigenvalue weighted by atomic mass is 10.0. The Labute approximate surface area is 107 Å². The van der Waals surface area contributed by atoms with Crippen molar-refractivity contribution in [2.24, 2.45) is 5.73 Å². The summed E-state index contributed by atoms with van der Waals surface area (Å²) < 4.78 is 10.7. The van der Waals surface area contributed by atoms with Crippen molar-refractivity contribution in [2.75, 3.05) is 13.2 Å². The Kier molecular flexibility index (Phi) is 3.87. The molecule has 2 rings (SSSR count). The molecule has 4 heteroatoms. The standard InChI is InChI=1S/C14H19NO3/c1-3-17-13-6-5-10(14(16)18-4-2)11-7-9(15)8-12(11)13/h5-6,9H,3-4,7-8,15H2,1-2H3. The van der Waals surface area contributed by atoms with Gasteiger partial charge in [0.25, 0.3) is 0 Å². The van der Waals surface area contributed by atoms with Crippen LogP contribution in [0.25, 0.3) is 0 Å². The highest BCUT2D eigenvalue weighted by Crippen LogP contribution is 2.33. The van der Waals surface area contributed by atoms with Gasteiger partial charge in [-0.2, -0.15) is 0 Å². The number of benzene rings is 1. The number of hydrogen-bond donors (Lipinski definition) is 1. The number of hydrogen-bond acceptors (Lipinski definition) is 4. The largest absolute Gasteiger partial charge is 0.494 e. The van der Waals surface area contributed by atoms with E-state index in [2.05, 4.69) is 0 Å². The minimum atomic E-state index is -0.272. The maximum Gasteiger partial charge on any atom is 0.338 e. The molecule has 1 unspecified atom stereocenters. The third-order valence-electron chi connectivity index (χ3n) is 3.12. The van der Waals surface area contributed by atoms with E-state index in [0.29, 0.717) is 25.2 Å². The molecular weight excluding hydrogens is 230 g/mol. The summed E-state index contributed by atoms with van der Waals surface area (Å²) in [5, 5.41) is 0. The van der Waals surface area contributed by atoms with Gasteiger partial charge < -0.3 is 15.2 Å². The molecule has 1 atom stereocenters. The van der Waals surface area contributed by atoms with Crippen molar-refractivity contribution < 1.29 is 14.3 Å². The molecule has 1 aromatic rings. The van der Waals surface area contributed by atoms with E-state index >= 15 is 0 Å². The number of ether oxygens (including phenoxy) is 2. The van der Waals surface area contributed by atoms with Crippen LogP contribution in [0.3, 0.4) is 0 Å². The van der Waals surface area contributed by atoms with Gasteiger partial charge in [0, 0.05) is 6.04 Å². The second-order valence-corrected chi connectivity index (χ2v) is 4.39. The highest BCUT2D eigenvalue weighted by atomic mass is 16.5. The number of carbonyl (C=O) groups is 1. The third-order valence-corrected chi connectivity index (χ3v) is 3.12. The van der Waals surface area contributed by atoms with Crippen molar-refractivity contribution in [1.82, 2.24) is 0 Å². The molecule has 0 aliphatic heterocycles. The SMILES string of the molecule is CCOC(=O)c1ccc(OCC)c2c1CC(N)C2. The van der Waals surface area contributed by atoms with Gasteiger partial charge in [0.15, 0.2) is 0 Å². The monoisotopic (exact) mass is 249 g/mol. The van der Waals surface area contributed by atoms with Crippen LogP contribution in [0, 0.1) is 0 Å². The minimum absolute atomic E-state index is 0.0646. The first-order valence-electron chi connectivity index (χ1n) is 6.37. The van der Waals surface area contributed by atoms with Crippen molar-refractivity contribution in [3.05, 3.63) is 28.8 Å². The van der Waals surface area contributed by atoms with Crippen molar-refractivity contribution in [3.8, 4) is 5.75 Å². The average molecular weight is 249 g/mol. The van der Waals surface area contributed by atoms with Gasteiger partial charge in [-0.15, -0.1) is 0 Å². The first-order chi connectivity index (χ1) is 8.67. The molecule has 0 radical (unpaired) electrons. The van der Waals surface area contributed by atoms with E-state index in [1.807, 2.05) is 13.0 Å². The molecule has 4 nitrogen and oxygen atoms in total. The molecule has 18 heavy (non-hydrogen) atoms. The van der Waals surface area contributed by atoms with E-state index in [9.17, 15) is 4.79 Å². The van der Waals surface area contributed by atoms with E-state index in [-0.39, 0.29) is 12.0 Å². The second-order valence-electron chi connectivity index (χ2n) is 4.39. The van der Waals surface area contributed by atoms with Crippen LogP contribution >= 0.6 is 0 Å². The second kappa shape index (κ2) is 5.40. The Morgan fingerprint density at radius 2 is 2.00 bits per heavy atom. The first kappa shape index (κ1) is 12.9. The van der Waals surface area contributed by atoms with Gasteiger partial charge >= 0.3 is 5.97 Å². The van der Waals surface area contributed by atoms with Crippen molar-refractivity contribution >= 4 is 5.97 Å². The molecule has 0 saturated heterocycles. The van der Waals surface area contributed by atoms with Crippen LogP contribution in [0.5, 0.6) is 5.75 Å². The van der Waals surface area contributed by atoms with E-state index in [1.165, 1.54) is 0 Å². The normalized spacial score (nSPS) is 17.4. The van der Waals surface area contributed by atoms with Gasteiger partial charge in [0.1, 0.15) is 5.75 Å². The summed E-state index contributed by atoms with van der Waals surface area (Å²) in [5.74, 6) is 0.569. The first-order valence-corrected chi connectivity index (χ1v) is 6.37. The molecule has 0 saturated carbocycles. The maximum atomic E-state index is 11.9. The molecule has 0 bridgehead atoms. The van der Waals surface area contributed by atoms with Crippen molar-refractivity contribution in [3.63, 3.8) is 0 Å². The van der Waals surface area contributed by atoms with Crippen LogP contribution in [-0.4, -0.2) is 25.2 Å². The summed E-state index contributed by atoms with van der Waals surface area (Å²) in [6, 6.07) is 3.68. The van der Waals surface area contributed by atoms with Crippen LogP contribution < -0.4 is 10.5 Å². The van der Waals surface area contributed by atoms with Crippen LogP contribution in [0.2, 0.25) is 0 Å². The fourth-order valence-electron chi connectivity index (χ4n) is 2.42. The van der Waals surface area contributed by atoms with Crippen LogP contribution in [0.15, 0.2) is 12.1 Å². The van der Waals surface area contributed by atoms with Crippen molar-refractivity contribution in [1.29, 1.82) is 0 Å². The predicted octanol–water partition coefficient (Wildman–Crippen LogP) is 1.69. The summed E-state index contributed by atoms with van der Waals surface area (Å²) in [4.78, 5) is 11.9. The van der Waals surface area contributed by atoms with Gasteiger partial charge in [-0.3, -0.25) is 0 Å². The van der Waals surface area contributed by atoms with Crippen LogP contribution in [0.4, 0.5) is 0 Å². The Morgan fingerprint density at radius 3 is 2.67 bits per heavy atom. The molecule has 0 aromatic heterocycles. The molecule has 0 spiro atoms. The maximum absolute atomic E-state index is 11.9. The Hall–Kier alpha value is -1.55. The van der Waals surface area contributed by atoms with Gasteiger partial charge in [-0.1, -0.05) is 0 Å². The topological polar surface area (TPSA) is 61.5 Å². The molecule has 0 heterocycles. The van der Waals surface area contributed by atoms with Gasteiger partial charge in [-0.25, -0.2) is 4.79 Å². The highest BCUT2D eigenvalue weighted by molar-refractivity contribution is 5.92. The smallest absolute Gasteiger partial charge is 0.338 e. The summed E-state index contributed by atoms with van der Waals surface area (Å²) in [5.41, 5.74) is 8.67. The lowest BCUT2D eigenvalue weighted by Crippen LogP contribution is -2.19. The van der Waals surface area contributed by atoms with Gasteiger partial charge in [0.2, 0.25) is 0 Å². The number of carbonyl (C=O) groups excluding carboxylic acids is 1. The molecule has 1 aliphatic carbocycles. The number of fused-ring (bicyclic) bond motifs is 1. The van der Waals surface area contributed by atoms with E-state index in [1.54, 1.807) is 13.0 Å². The average Bonchev–Trinajstić information content (AvgIpc) is 2.71. The molecule has 1 aliphatic rings. The van der Waals surface area contributed by atoms with E-state index < -0.39 is 0 Å². The zero-order chi connectivity index (χ0) is 13.1. The van der Waals surface area contributed by atoms with Gasteiger partial charge in [-0.05, 0) is 49.9 Å². The fraction of sp³-hybridized carbons (Fsp3) is 0.500. The number of nitrogens with two attached hydrogens (primary N) is 1. The molecule has 2 N–H and O–H groups in total. The van der Waals surface area contributed by atoms with Crippen LogP contribution in [-0.2, 0) is 17.6 Å². The van der Waals surface area contributed by atoms with Gasteiger partial charge in [0.05, 0.1) is 18.8 Å². The summed E-state index contributed by atoms with van der Waals surface area (Å²) in [6.45, 7) is 4.74. The molecular formula is C14H19NO3. The lowest BCUT2D eigenvalue weighted by molar-refractivity contribution is 0.0525. The quantitative estimate of drug-likeness (QED) is 0.825. The zero-order valence-electron chi connectivity index (χ0n) is 10.9. The fourth-order valence-corrected chi connectivity index (χ4v) is 2.42. The number of rotatable bonds is 4. The minimum Gasteiger partial charge on any atom is -0.494 e. The summed E-state index contributed by atoms with van der Waals surface area (Å²) >= 11 is 0. The summed E-state index contributed by atoms with van der Waals surface area (Å²) in [7, 11) is 0. The molecule has 98 valence electrons. The summed E-state index contributed by atoms with van der Waals surface area (Å²) in [6.07, 6.45) is 1.47. The highest BCUT2D eigenvalue weighted by Gasteiger charge is 2.27. The Balaban J connectivity index is 2.40. The Morgan fingerprint density at radius 1 is 1.28 bits per heavy atom. The van der Waals surface area contributed by atoms with Crippen molar-refractivity contribution in [2.45, 2.75) is 32.7 Å². The molecule has 0 fully saturated rings. The van der Waals surface area contributed by atoms with E-state index in [4.69, 9.17) is 15.2 Å². The third kappa shape index (κ3) is 2.34. The molecule has 0 amide bonds. The predicted molar refractivity (Wildman–Crippen MR) is 69.0 cm³/mol. The zero-order valence-corrected chi connectivity index (χ0v) is 10.9. The molecule has 1 aromatic carbocycles. The van der Waals surface area contributed by atoms with Crippen LogP contribution in [0.1, 0.15) is 35.3 Å². The lowest BCUT2D eigenvalue weighted by Gasteiger charge is -2.12. The van der Waals surface area contributed by atoms with E-state index in [0.717, 1.165) is 23.3 Å².